The maximum Gasteiger partial charge on any atom is 0.146 e. The van der Waals surface area contributed by atoms with Gasteiger partial charge in [0.1, 0.15) is 11.2 Å². The monoisotopic (exact) mass is 624 g/mol. The van der Waals surface area contributed by atoms with Crippen molar-refractivity contribution in [1.82, 2.24) is 9.13 Å². The number of hydrogen-bond acceptors (Lipinski definition) is 1. The van der Waals surface area contributed by atoms with Gasteiger partial charge in [-0.1, -0.05) is 121 Å². The second-order valence-electron chi connectivity index (χ2n) is 12.9. The maximum atomic E-state index is 6.88. The van der Waals surface area contributed by atoms with Gasteiger partial charge < -0.3 is 13.6 Å². The zero-order chi connectivity index (χ0) is 32.1. The Morgan fingerprint density at radius 2 is 1.04 bits per heavy atom. The van der Waals surface area contributed by atoms with Gasteiger partial charge >= 0.3 is 0 Å². The molecule has 3 heteroatoms. The van der Waals surface area contributed by atoms with Crippen LogP contribution in [0.25, 0.3) is 98.8 Å². The van der Waals surface area contributed by atoms with Gasteiger partial charge in [-0.25, -0.2) is 0 Å². The summed E-state index contributed by atoms with van der Waals surface area (Å²) in [7, 11) is 0. The summed E-state index contributed by atoms with van der Waals surface area (Å²) in [5, 5.41) is 9.51. The number of nitrogens with zero attached hydrogens (tertiary/aromatic N) is 2. The molecule has 0 spiro atoms. The van der Waals surface area contributed by atoms with Gasteiger partial charge in [0.05, 0.1) is 33.1 Å². The Kier molecular flexibility index (Phi) is 5.38. The van der Waals surface area contributed by atoms with Gasteiger partial charge in [-0.05, 0) is 65.0 Å². The van der Waals surface area contributed by atoms with Crippen LogP contribution < -0.4 is 0 Å². The average molecular weight is 625 g/mol. The molecule has 8 aromatic carbocycles. The number of fused-ring (bicyclic) bond motifs is 11. The van der Waals surface area contributed by atoms with Gasteiger partial charge in [0, 0.05) is 38.0 Å². The largest absolute Gasteiger partial charge is 0.455 e. The summed E-state index contributed by atoms with van der Waals surface area (Å²) in [6, 6.07) is 61.2. The molecule has 11 aromatic rings. The van der Waals surface area contributed by atoms with E-state index in [1.54, 1.807) is 0 Å². The molecule has 228 valence electrons. The molecule has 49 heavy (non-hydrogen) atoms. The van der Waals surface area contributed by atoms with Crippen molar-refractivity contribution in [3.8, 4) is 22.5 Å². The van der Waals surface area contributed by atoms with Crippen LogP contribution in [0, 0.1) is 0 Å². The van der Waals surface area contributed by atoms with E-state index in [9.17, 15) is 0 Å². The molecule has 0 unspecified atom stereocenters. The van der Waals surface area contributed by atoms with Crippen molar-refractivity contribution in [1.29, 1.82) is 0 Å². The Hall–Kier alpha value is -6.58. The molecule has 0 aliphatic rings. The second-order valence-corrected chi connectivity index (χ2v) is 12.9. The van der Waals surface area contributed by atoms with E-state index >= 15 is 0 Å². The van der Waals surface area contributed by atoms with Crippen molar-refractivity contribution in [2.24, 2.45) is 0 Å². The van der Waals surface area contributed by atoms with Crippen molar-refractivity contribution in [2.75, 3.05) is 0 Å². The Morgan fingerprint density at radius 1 is 0.388 bits per heavy atom. The number of benzene rings is 8. The van der Waals surface area contributed by atoms with E-state index in [-0.39, 0.29) is 0 Å². The van der Waals surface area contributed by atoms with Crippen molar-refractivity contribution in [3.63, 3.8) is 0 Å². The highest BCUT2D eigenvalue weighted by Crippen LogP contribution is 2.46. The lowest BCUT2D eigenvalue weighted by Gasteiger charge is -2.13. The Morgan fingerprint density at radius 3 is 1.90 bits per heavy atom. The molecular weight excluding hydrogens is 597 g/mol. The summed E-state index contributed by atoms with van der Waals surface area (Å²) < 4.78 is 11.7. The molecule has 0 bridgehead atoms. The summed E-state index contributed by atoms with van der Waals surface area (Å²) in [6.45, 7) is 0. The van der Waals surface area contributed by atoms with Crippen LogP contribution in [-0.2, 0) is 0 Å². The lowest BCUT2D eigenvalue weighted by molar-refractivity contribution is 0.673. The number of hydrogen-bond donors (Lipinski definition) is 0. The highest BCUT2D eigenvalue weighted by atomic mass is 16.3. The van der Waals surface area contributed by atoms with Gasteiger partial charge in [-0.2, -0.15) is 0 Å². The summed E-state index contributed by atoms with van der Waals surface area (Å²) in [5.41, 5.74) is 11.1. The topological polar surface area (TPSA) is 23.0 Å². The number of aromatic nitrogens is 2. The molecule has 0 atom stereocenters. The Labute approximate surface area is 281 Å². The third-order valence-corrected chi connectivity index (χ3v) is 10.3. The van der Waals surface area contributed by atoms with Crippen LogP contribution in [0.5, 0.6) is 0 Å². The smallest absolute Gasteiger partial charge is 0.146 e. The van der Waals surface area contributed by atoms with Crippen LogP contribution in [0.1, 0.15) is 0 Å². The van der Waals surface area contributed by atoms with Crippen molar-refractivity contribution >= 4 is 76.3 Å². The Balaban J connectivity index is 1.31. The summed E-state index contributed by atoms with van der Waals surface area (Å²) in [5.74, 6) is 0. The lowest BCUT2D eigenvalue weighted by atomic mass is 9.96. The second kappa shape index (κ2) is 9.96. The van der Waals surface area contributed by atoms with E-state index in [1.807, 2.05) is 0 Å². The molecule has 0 radical (unpaired) electrons. The number of para-hydroxylation sites is 4. The molecule has 0 amide bonds. The third kappa shape index (κ3) is 3.67. The van der Waals surface area contributed by atoms with E-state index in [2.05, 4.69) is 179 Å². The van der Waals surface area contributed by atoms with Crippen LogP contribution in [0.15, 0.2) is 174 Å². The van der Waals surface area contributed by atoms with Gasteiger partial charge in [0.25, 0.3) is 0 Å². The molecule has 0 aliphatic carbocycles. The molecule has 0 fully saturated rings. The van der Waals surface area contributed by atoms with Crippen molar-refractivity contribution < 1.29 is 4.42 Å². The minimum Gasteiger partial charge on any atom is -0.455 e. The highest BCUT2D eigenvalue weighted by molar-refractivity contribution is 6.28. The molecule has 0 aliphatic heterocycles. The highest BCUT2D eigenvalue weighted by Gasteiger charge is 2.23. The molecule has 0 saturated heterocycles. The SMILES string of the molecule is c1ccc(-n2c3ccccc3c3ccc(-c4cc5c(c6ccccc6n5-c5cccc6ccccc56)c5oc6ccccc6c45)cc32)cc1. The third-order valence-electron chi connectivity index (χ3n) is 10.3. The van der Waals surface area contributed by atoms with Crippen LogP contribution >= 0.6 is 0 Å². The summed E-state index contributed by atoms with van der Waals surface area (Å²) >= 11 is 0. The zero-order valence-corrected chi connectivity index (χ0v) is 26.5. The first-order valence-electron chi connectivity index (χ1n) is 16.8. The van der Waals surface area contributed by atoms with E-state index < -0.39 is 0 Å². The average Bonchev–Trinajstić information content (AvgIpc) is 3.82. The standard InChI is InChI=1S/C46H28N2O/c1-2-15-31(16-3-1)47-39-21-9-6-18-33(39)34-26-25-30(27-41(34)47)37-28-42-45(46-44(37)36-20-8-11-24-43(36)49-46)35-19-7-10-22-40(35)48(42)38-23-12-14-29-13-4-5-17-32(29)38/h1-28H. The molecule has 0 saturated carbocycles. The molecule has 3 aromatic heterocycles. The molecule has 0 N–H and O–H groups in total. The first kappa shape index (κ1) is 26.5. The number of furan rings is 1. The zero-order valence-electron chi connectivity index (χ0n) is 26.5. The van der Waals surface area contributed by atoms with Crippen molar-refractivity contribution in [3.05, 3.63) is 170 Å². The molecular formula is C46H28N2O. The fourth-order valence-corrected chi connectivity index (χ4v) is 8.22. The quantitative estimate of drug-likeness (QED) is 0.192. The summed E-state index contributed by atoms with van der Waals surface area (Å²) in [4.78, 5) is 0. The predicted molar refractivity (Wildman–Crippen MR) is 205 cm³/mol. The first-order valence-corrected chi connectivity index (χ1v) is 16.8. The van der Waals surface area contributed by atoms with Gasteiger partial charge in [-0.15, -0.1) is 0 Å². The van der Waals surface area contributed by atoms with E-state index in [4.69, 9.17) is 4.42 Å². The van der Waals surface area contributed by atoms with E-state index in [0.717, 1.165) is 60.9 Å². The maximum absolute atomic E-state index is 6.88. The number of rotatable bonds is 3. The molecule has 3 nitrogen and oxygen atoms in total. The van der Waals surface area contributed by atoms with Gasteiger partial charge in [-0.3, -0.25) is 0 Å². The first-order chi connectivity index (χ1) is 24.3. The van der Waals surface area contributed by atoms with Gasteiger partial charge in [0.15, 0.2) is 0 Å². The minimum atomic E-state index is 0.896. The van der Waals surface area contributed by atoms with Crippen LogP contribution in [0.3, 0.4) is 0 Å². The summed E-state index contributed by atoms with van der Waals surface area (Å²) in [6.07, 6.45) is 0. The van der Waals surface area contributed by atoms with Gasteiger partial charge in [0.2, 0.25) is 0 Å². The fourth-order valence-electron chi connectivity index (χ4n) is 8.22. The fraction of sp³-hybridized carbons (Fsp3) is 0. The molecule has 3 heterocycles. The molecule has 11 rings (SSSR count). The predicted octanol–water partition coefficient (Wildman–Crippen LogP) is 12.6. The van der Waals surface area contributed by atoms with Crippen LogP contribution in [-0.4, -0.2) is 9.13 Å². The van der Waals surface area contributed by atoms with E-state index in [1.165, 1.54) is 38.0 Å². The Bertz CT molecular complexity index is 3100. The minimum absolute atomic E-state index is 0.896. The normalized spacial score (nSPS) is 12.1. The van der Waals surface area contributed by atoms with Crippen LogP contribution in [0.4, 0.5) is 0 Å². The van der Waals surface area contributed by atoms with Crippen molar-refractivity contribution in [2.45, 2.75) is 0 Å². The van der Waals surface area contributed by atoms with Crippen LogP contribution in [0.2, 0.25) is 0 Å². The lowest BCUT2D eigenvalue weighted by Crippen LogP contribution is -1.96. The van der Waals surface area contributed by atoms with E-state index in [0.29, 0.717) is 0 Å².